The summed E-state index contributed by atoms with van der Waals surface area (Å²) >= 11 is 0. The fraction of sp³-hybridized carbons (Fsp3) is 0. The highest BCUT2D eigenvalue weighted by atomic mass is 32.2. The minimum atomic E-state index is -5.52. The van der Waals surface area contributed by atoms with Crippen molar-refractivity contribution in [2.45, 2.75) is 9.79 Å². The second-order valence-electron chi connectivity index (χ2n) is 4.51. The third-order valence-electron chi connectivity index (χ3n) is 3.07. The SMILES string of the molecule is O=C(O)c1c(S(=O)(=O)O)c(S(=O)(=O)O)c2ccccc2c1C(=O)O. The van der Waals surface area contributed by atoms with Gasteiger partial charge in [-0.3, -0.25) is 9.11 Å². The summed E-state index contributed by atoms with van der Waals surface area (Å²) in [5.74, 6) is -3.98. The van der Waals surface area contributed by atoms with E-state index < -0.39 is 63.9 Å². The largest absolute Gasteiger partial charge is 0.478 e. The van der Waals surface area contributed by atoms with E-state index in [-0.39, 0.29) is 0 Å². The molecule has 2 rings (SSSR count). The van der Waals surface area contributed by atoms with E-state index in [2.05, 4.69) is 0 Å². The summed E-state index contributed by atoms with van der Waals surface area (Å²) in [5.41, 5.74) is -2.52. The number of carbonyl (C=O) groups is 2. The van der Waals surface area contributed by atoms with Crippen molar-refractivity contribution in [1.82, 2.24) is 0 Å². The van der Waals surface area contributed by atoms with Crippen LogP contribution in [0.3, 0.4) is 0 Å². The molecule has 0 spiro atoms. The molecule has 0 atom stereocenters. The van der Waals surface area contributed by atoms with Crippen LogP contribution in [0.2, 0.25) is 0 Å². The van der Waals surface area contributed by atoms with E-state index >= 15 is 0 Å². The molecule has 0 heterocycles. The maximum absolute atomic E-state index is 11.6. The molecular weight excluding hydrogens is 368 g/mol. The molecule has 12 heteroatoms. The van der Waals surface area contributed by atoms with Gasteiger partial charge in [-0.05, 0) is 5.39 Å². The Morgan fingerprint density at radius 1 is 0.708 bits per heavy atom. The lowest BCUT2D eigenvalue weighted by Crippen LogP contribution is -2.19. The van der Waals surface area contributed by atoms with Gasteiger partial charge in [0.1, 0.15) is 9.79 Å². The normalized spacial score (nSPS) is 12.2. The van der Waals surface area contributed by atoms with Crippen LogP contribution in [0.25, 0.3) is 10.8 Å². The third-order valence-corrected chi connectivity index (χ3v) is 5.06. The van der Waals surface area contributed by atoms with Crippen molar-refractivity contribution in [3.63, 3.8) is 0 Å². The van der Waals surface area contributed by atoms with Crippen molar-refractivity contribution in [3.05, 3.63) is 35.4 Å². The Balaban J connectivity index is 3.43. The Morgan fingerprint density at radius 3 is 1.50 bits per heavy atom. The molecule has 128 valence electrons. The van der Waals surface area contributed by atoms with Gasteiger partial charge in [-0.2, -0.15) is 16.8 Å². The van der Waals surface area contributed by atoms with Gasteiger partial charge in [0, 0.05) is 5.39 Å². The molecule has 0 fully saturated rings. The molecule has 0 bridgehead atoms. The number of benzene rings is 2. The van der Waals surface area contributed by atoms with E-state index in [1.165, 1.54) is 12.1 Å². The first-order valence-corrected chi connectivity index (χ1v) is 8.75. The lowest BCUT2D eigenvalue weighted by Gasteiger charge is -2.15. The van der Waals surface area contributed by atoms with Gasteiger partial charge >= 0.3 is 11.9 Å². The van der Waals surface area contributed by atoms with Crippen LogP contribution in [-0.2, 0) is 20.2 Å². The van der Waals surface area contributed by atoms with Gasteiger partial charge in [0.2, 0.25) is 0 Å². The molecular formula is C12H8O10S2. The van der Waals surface area contributed by atoms with Gasteiger partial charge in [0.15, 0.2) is 0 Å². The fourth-order valence-corrected chi connectivity index (χ4v) is 4.53. The van der Waals surface area contributed by atoms with Crippen molar-refractivity contribution in [1.29, 1.82) is 0 Å². The first-order valence-electron chi connectivity index (χ1n) is 5.87. The molecule has 0 unspecified atom stereocenters. The second kappa shape index (κ2) is 5.52. The Morgan fingerprint density at radius 2 is 1.12 bits per heavy atom. The Hall–Kier alpha value is -2.54. The summed E-state index contributed by atoms with van der Waals surface area (Å²) < 4.78 is 64.9. The molecule has 24 heavy (non-hydrogen) atoms. The third kappa shape index (κ3) is 2.82. The highest BCUT2D eigenvalue weighted by molar-refractivity contribution is 7.89. The maximum Gasteiger partial charge on any atom is 0.338 e. The van der Waals surface area contributed by atoms with Crippen LogP contribution < -0.4 is 0 Å². The summed E-state index contributed by atoms with van der Waals surface area (Å²) in [6.07, 6.45) is 0. The van der Waals surface area contributed by atoms with E-state index in [0.29, 0.717) is 0 Å². The van der Waals surface area contributed by atoms with Crippen molar-refractivity contribution in [2.24, 2.45) is 0 Å². The average molecular weight is 376 g/mol. The van der Waals surface area contributed by atoms with E-state index in [1.54, 1.807) is 0 Å². The number of aromatic carboxylic acids is 2. The minimum absolute atomic E-state index is 0.442. The Labute approximate surface area is 134 Å². The smallest absolute Gasteiger partial charge is 0.338 e. The summed E-state index contributed by atoms with van der Waals surface area (Å²) in [6, 6.07) is 4.46. The molecule has 4 N–H and O–H groups in total. The van der Waals surface area contributed by atoms with Crippen molar-refractivity contribution in [2.75, 3.05) is 0 Å². The first-order chi connectivity index (χ1) is 10.9. The van der Waals surface area contributed by atoms with Crippen LogP contribution in [-0.4, -0.2) is 48.1 Å². The van der Waals surface area contributed by atoms with Crippen LogP contribution in [0, 0.1) is 0 Å². The molecule has 0 saturated carbocycles. The predicted molar refractivity (Wildman–Crippen MR) is 77.5 cm³/mol. The van der Waals surface area contributed by atoms with Crippen LogP contribution in [0.4, 0.5) is 0 Å². The Bertz CT molecular complexity index is 1100. The van der Waals surface area contributed by atoms with Crippen LogP contribution in [0.15, 0.2) is 34.1 Å². The van der Waals surface area contributed by atoms with E-state index in [0.717, 1.165) is 12.1 Å². The zero-order chi connectivity index (χ0) is 18.4. The summed E-state index contributed by atoms with van der Waals surface area (Å²) in [7, 11) is -10.9. The molecule has 10 nitrogen and oxygen atoms in total. The molecule has 2 aromatic carbocycles. The van der Waals surface area contributed by atoms with Gasteiger partial charge in [0.05, 0.1) is 11.1 Å². The van der Waals surface area contributed by atoms with Crippen LogP contribution in [0.5, 0.6) is 0 Å². The molecule has 0 amide bonds. The highest BCUT2D eigenvalue weighted by Gasteiger charge is 2.37. The number of carboxylic acids is 2. The van der Waals surface area contributed by atoms with Crippen molar-refractivity contribution < 1.29 is 45.7 Å². The van der Waals surface area contributed by atoms with Crippen LogP contribution in [0.1, 0.15) is 20.7 Å². The summed E-state index contributed by atoms with van der Waals surface area (Å²) in [6.45, 7) is 0. The number of hydrogen-bond acceptors (Lipinski definition) is 6. The van der Waals surface area contributed by atoms with Crippen molar-refractivity contribution in [3.8, 4) is 0 Å². The molecule has 0 saturated heterocycles. The number of carboxylic acid groups (broad SMARTS) is 2. The van der Waals surface area contributed by atoms with Gasteiger partial charge in [-0.15, -0.1) is 0 Å². The van der Waals surface area contributed by atoms with Crippen LogP contribution >= 0.6 is 0 Å². The van der Waals surface area contributed by atoms with E-state index in [1.807, 2.05) is 0 Å². The standard InChI is InChI=1S/C12H8O10S2/c13-11(14)7-5-3-1-2-4-6(5)9(23(17,18)19)10(24(20,21)22)8(7)12(15)16/h1-4H,(H,13,14)(H,15,16)(H,17,18,19)(H,20,21,22). The molecule has 0 aromatic heterocycles. The quantitative estimate of drug-likeness (QED) is 0.555. The maximum atomic E-state index is 11.6. The Kier molecular flexibility index (Phi) is 4.10. The zero-order valence-corrected chi connectivity index (χ0v) is 13.0. The number of fused-ring (bicyclic) bond motifs is 1. The summed E-state index contributed by atoms with van der Waals surface area (Å²) in [4.78, 5) is 19.7. The lowest BCUT2D eigenvalue weighted by atomic mass is 9.98. The zero-order valence-electron chi connectivity index (χ0n) is 11.4. The molecule has 0 radical (unpaired) electrons. The van der Waals surface area contributed by atoms with Crippen molar-refractivity contribution >= 4 is 42.9 Å². The minimum Gasteiger partial charge on any atom is -0.478 e. The van der Waals surface area contributed by atoms with Gasteiger partial charge in [-0.25, -0.2) is 9.59 Å². The fourth-order valence-electron chi connectivity index (χ4n) is 2.31. The lowest BCUT2D eigenvalue weighted by molar-refractivity contribution is 0.0649. The topological polar surface area (TPSA) is 183 Å². The highest BCUT2D eigenvalue weighted by Crippen LogP contribution is 2.36. The van der Waals surface area contributed by atoms with E-state index in [9.17, 15) is 45.7 Å². The summed E-state index contributed by atoms with van der Waals surface area (Å²) in [5, 5.41) is 17.4. The first kappa shape index (κ1) is 17.8. The molecule has 2 aromatic rings. The molecule has 0 aliphatic heterocycles. The number of hydrogen-bond donors (Lipinski definition) is 4. The number of rotatable bonds is 4. The second-order valence-corrected chi connectivity index (χ2v) is 7.23. The van der Waals surface area contributed by atoms with Gasteiger partial charge in [-0.1, -0.05) is 24.3 Å². The average Bonchev–Trinajstić information content (AvgIpc) is 2.41. The molecule has 0 aliphatic carbocycles. The van der Waals surface area contributed by atoms with Gasteiger partial charge in [0.25, 0.3) is 20.2 Å². The predicted octanol–water partition coefficient (Wildman–Crippen LogP) is 0.730. The van der Waals surface area contributed by atoms with Gasteiger partial charge < -0.3 is 10.2 Å². The van der Waals surface area contributed by atoms with E-state index in [4.69, 9.17) is 0 Å². The monoisotopic (exact) mass is 376 g/mol. The molecule has 0 aliphatic rings.